The van der Waals surface area contributed by atoms with Crippen molar-refractivity contribution in [2.24, 2.45) is 5.92 Å². The molecule has 1 atom stereocenters. The van der Waals surface area contributed by atoms with Gasteiger partial charge in [-0.15, -0.1) is 0 Å². The summed E-state index contributed by atoms with van der Waals surface area (Å²) < 4.78 is 0. The lowest BCUT2D eigenvalue weighted by Crippen LogP contribution is -2.25. The van der Waals surface area contributed by atoms with Gasteiger partial charge in [0.05, 0.1) is 0 Å². The zero-order valence-electron chi connectivity index (χ0n) is 11.7. The molecule has 0 aliphatic heterocycles. The van der Waals surface area contributed by atoms with Gasteiger partial charge in [-0.1, -0.05) is 54.1 Å². The van der Waals surface area contributed by atoms with Crippen LogP contribution in [0.1, 0.15) is 28.3 Å². The molecule has 1 nitrogen and oxygen atoms in total. The molecule has 0 heterocycles. The molecule has 0 saturated heterocycles. The van der Waals surface area contributed by atoms with E-state index in [9.17, 15) is 0 Å². The standard InChI is InChI=1S/C18H21N/c1-13-7-9-14(10-8-13)18(19-2)17-11-15-5-3-4-6-16(15)12-17/h3-10,17-19H,11-12H2,1-2H3. The van der Waals surface area contributed by atoms with Gasteiger partial charge in [0.25, 0.3) is 0 Å². The fourth-order valence-electron chi connectivity index (χ4n) is 3.28. The molecule has 2 aromatic carbocycles. The van der Waals surface area contributed by atoms with Gasteiger partial charge in [-0.2, -0.15) is 0 Å². The fourth-order valence-corrected chi connectivity index (χ4v) is 3.28. The second-order valence-electron chi connectivity index (χ2n) is 5.61. The minimum Gasteiger partial charge on any atom is -0.313 e. The third-order valence-corrected chi connectivity index (χ3v) is 4.30. The van der Waals surface area contributed by atoms with Crippen molar-refractivity contribution in [2.45, 2.75) is 25.8 Å². The first-order chi connectivity index (χ1) is 9.28. The molecule has 98 valence electrons. The van der Waals surface area contributed by atoms with Crippen molar-refractivity contribution < 1.29 is 0 Å². The summed E-state index contributed by atoms with van der Waals surface area (Å²) in [5.74, 6) is 0.671. The smallest absolute Gasteiger partial charge is 0.0352 e. The van der Waals surface area contributed by atoms with Crippen molar-refractivity contribution in [1.82, 2.24) is 5.32 Å². The summed E-state index contributed by atoms with van der Waals surface area (Å²) in [5, 5.41) is 3.51. The Hall–Kier alpha value is -1.60. The van der Waals surface area contributed by atoms with Crippen LogP contribution in [0.15, 0.2) is 48.5 Å². The predicted octanol–water partition coefficient (Wildman–Crippen LogP) is 3.67. The zero-order valence-corrected chi connectivity index (χ0v) is 11.7. The Labute approximate surface area is 115 Å². The Morgan fingerprint density at radius 2 is 1.53 bits per heavy atom. The van der Waals surface area contributed by atoms with Gasteiger partial charge in [-0.25, -0.2) is 0 Å². The Kier molecular flexibility index (Phi) is 3.39. The minimum atomic E-state index is 0.452. The molecule has 1 unspecified atom stereocenters. The van der Waals surface area contributed by atoms with Gasteiger partial charge in [0.1, 0.15) is 0 Å². The summed E-state index contributed by atoms with van der Waals surface area (Å²) >= 11 is 0. The maximum atomic E-state index is 3.51. The SMILES string of the molecule is CNC(c1ccc(C)cc1)C1Cc2ccccc2C1. The average molecular weight is 251 g/mol. The number of hydrogen-bond acceptors (Lipinski definition) is 1. The molecule has 1 aliphatic rings. The van der Waals surface area contributed by atoms with Gasteiger partial charge in [-0.05, 0) is 49.4 Å². The average Bonchev–Trinajstić information content (AvgIpc) is 2.85. The molecule has 19 heavy (non-hydrogen) atoms. The van der Waals surface area contributed by atoms with Crippen LogP contribution in [-0.2, 0) is 12.8 Å². The highest BCUT2D eigenvalue weighted by molar-refractivity contribution is 5.34. The van der Waals surface area contributed by atoms with E-state index in [1.165, 1.54) is 35.1 Å². The monoisotopic (exact) mass is 251 g/mol. The molecule has 1 N–H and O–H groups in total. The summed E-state index contributed by atoms with van der Waals surface area (Å²) in [5.41, 5.74) is 5.79. The van der Waals surface area contributed by atoms with E-state index in [0.29, 0.717) is 12.0 Å². The number of rotatable bonds is 3. The van der Waals surface area contributed by atoms with E-state index < -0.39 is 0 Å². The van der Waals surface area contributed by atoms with Crippen LogP contribution in [0.2, 0.25) is 0 Å². The molecule has 2 aromatic rings. The quantitative estimate of drug-likeness (QED) is 0.877. The maximum absolute atomic E-state index is 3.51. The van der Waals surface area contributed by atoms with E-state index in [-0.39, 0.29) is 0 Å². The molecule has 0 aromatic heterocycles. The first-order valence-electron chi connectivity index (χ1n) is 7.08. The first-order valence-corrected chi connectivity index (χ1v) is 7.08. The van der Waals surface area contributed by atoms with Gasteiger partial charge in [-0.3, -0.25) is 0 Å². The van der Waals surface area contributed by atoms with Gasteiger partial charge in [0.15, 0.2) is 0 Å². The van der Waals surface area contributed by atoms with E-state index in [4.69, 9.17) is 0 Å². The number of benzene rings is 2. The minimum absolute atomic E-state index is 0.452. The summed E-state index contributed by atoms with van der Waals surface area (Å²) in [6.07, 6.45) is 2.38. The van der Waals surface area contributed by atoms with Crippen molar-refractivity contribution >= 4 is 0 Å². The van der Waals surface area contributed by atoms with Crippen molar-refractivity contribution in [3.05, 3.63) is 70.8 Å². The van der Waals surface area contributed by atoms with Gasteiger partial charge < -0.3 is 5.32 Å². The van der Waals surface area contributed by atoms with E-state index in [1.54, 1.807) is 0 Å². The Balaban J connectivity index is 1.83. The molecule has 1 heteroatoms. The molecular formula is C18H21N. The number of nitrogens with one attached hydrogen (secondary N) is 1. The zero-order chi connectivity index (χ0) is 13.2. The van der Waals surface area contributed by atoms with Gasteiger partial charge in [0, 0.05) is 6.04 Å². The molecule has 3 rings (SSSR count). The molecule has 0 fully saturated rings. The van der Waals surface area contributed by atoms with Crippen LogP contribution in [0, 0.1) is 12.8 Å². The van der Waals surface area contributed by atoms with E-state index in [1.807, 2.05) is 0 Å². The first kappa shape index (κ1) is 12.4. The van der Waals surface area contributed by atoms with Crippen molar-refractivity contribution in [3.8, 4) is 0 Å². The topological polar surface area (TPSA) is 12.0 Å². The lowest BCUT2D eigenvalue weighted by molar-refractivity contribution is 0.397. The van der Waals surface area contributed by atoms with E-state index in [2.05, 4.69) is 67.8 Å². The van der Waals surface area contributed by atoms with Crippen LogP contribution in [-0.4, -0.2) is 7.05 Å². The van der Waals surface area contributed by atoms with Gasteiger partial charge in [0.2, 0.25) is 0 Å². The summed E-state index contributed by atoms with van der Waals surface area (Å²) in [4.78, 5) is 0. The highest BCUT2D eigenvalue weighted by atomic mass is 14.9. The largest absolute Gasteiger partial charge is 0.313 e. The second-order valence-corrected chi connectivity index (χ2v) is 5.61. The fraction of sp³-hybridized carbons (Fsp3) is 0.333. The molecular weight excluding hydrogens is 230 g/mol. The molecule has 0 bridgehead atoms. The summed E-state index contributed by atoms with van der Waals surface area (Å²) in [6, 6.07) is 18.3. The highest BCUT2D eigenvalue weighted by Gasteiger charge is 2.28. The predicted molar refractivity (Wildman–Crippen MR) is 80.3 cm³/mol. The summed E-state index contributed by atoms with van der Waals surface area (Å²) in [6.45, 7) is 2.14. The third-order valence-electron chi connectivity index (χ3n) is 4.30. The van der Waals surface area contributed by atoms with Crippen molar-refractivity contribution in [2.75, 3.05) is 7.05 Å². The van der Waals surface area contributed by atoms with Crippen LogP contribution in [0.4, 0.5) is 0 Å². The Bertz CT molecular complexity index is 531. The van der Waals surface area contributed by atoms with Crippen LogP contribution in [0.25, 0.3) is 0 Å². The van der Waals surface area contributed by atoms with Gasteiger partial charge >= 0.3 is 0 Å². The van der Waals surface area contributed by atoms with Crippen molar-refractivity contribution in [3.63, 3.8) is 0 Å². The van der Waals surface area contributed by atoms with Crippen LogP contribution >= 0.6 is 0 Å². The van der Waals surface area contributed by atoms with Crippen LogP contribution < -0.4 is 5.32 Å². The van der Waals surface area contributed by atoms with Crippen LogP contribution in [0.5, 0.6) is 0 Å². The number of fused-ring (bicyclic) bond motifs is 1. The van der Waals surface area contributed by atoms with Crippen molar-refractivity contribution in [1.29, 1.82) is 0 Å². The maximum Gasteiger partial charge on any atom is 0.0352 e. The normalized spacial score (nSPS) is 16.3. The highest BCUT2D eigenvalue weighted by Crippen LogP contribution is 2.35. The molecule has 0 spiro atoms. The lowest BCUT2D eigenvalue weighted by Gasteiger charge is -2.23. The molecule has 1 aliphatic carbocycles. The second kappa shape index (κ2) is 5.18. The molecule has 0 radical (unpaired) electrons. The summed E-state index contributed by atoms with van der Waals surface area (Å²) in [7, 11) is 2.08. The lowest BCUT2D eigenvalue weighted by atomic mass is 9.90. The van der Waals surface area contributed by atoms with E-state index >= 15 is 0 Å². The molecule has 0 amide bonds. The Morgan fingerprint density at radius 1 is 0.947 bits per heavy atom. The van der Waals surface area contributed by atoms with E-state index in [0.717, 1.165) is 0 Å². The number of aryl methyl sites for hydroxylation is 1. The number of hydrogen-bond donors (Lipinski definition) is 1. The molecule has 0 saturated carbocycles. The third kappa shape index (κ3) is 2.43. The Morgan fingerprint density at radius 3 is 2.05 bits per heavy atom. The van der Waals surface area contributed by atoms with Crippen LogP contribution in [0.3, 0.4) is 0 Å².